The third-order valence-electron chi connectivity index (χ3n) is 3.71. The summed E-state index contributed by atoms with van der Waals surface area (Å²) in [5.41, 5.74) is 2.53. The van der Waals surface area contributed by atoms with Gasteiger partial charge in [-0.05, 0) is 25.1 Å². The largest absolute Gasteiger partial charge is 0.618 e. The molecule has 128 valence electrons. The Bertz CT molecular complexity index is 1060. The monoisotopic (exact) mass is 356 g/mol. The maximum absolute atomic E-state index is 12.2. The van der Waals surface area contributed by atoms with E-state index in [-0.39, 0.29) is 4.90 Å². The van der Waals surface area contributed by atoms with Crippen molar-refractivity contribution >= 4 is 27.3 Å². The lowest BCUT2D eigenvalue weighted by atomic mass is 10.2. The summed E-state index contributed by atoms with van der Waals surface area (Å²) in [4.78, 5) is 6.57. The number of aryl methyl sites for hydroxylation is 1. The summed E-state index contributed by atoms with van der Waals surface area (Å²) in [6.45, 7) is 3.47. The molecule has 0 amide bonds. The van der Waals surface area contributed by atoms with Gasteiger partial charge in [-0.3, -0.25) is 0 Å². The van der Waals surface area contributed by atoms with E-state index >= 15 is 0 Å². The molecule has 0 atom stereocenters. The zero-order valence-corrected chi connectivity index (χ0v) is 14.5. The van der Waals surface area contributed by atoms with Gasteiger partial charge in [0.1, 0.15) is 5.52 Å². The van der Waals surface area contributed by atoms with Crippen LogP contribution < -0.4 is 9.56 Å². The Morgan fingerprint density at radius 3 is 2.52 bits per heavy atom. The smallest absolute Gasteiger partial charge is 0.276 e. The Morgan fingerprint density at radius 2 is 1.80 bits per heavy atom. The van der Waals surface area contributed by atoms with E-state index in [0.717, 1.165) is 10.3 Å². The van der Waals surface area contributed by atoms with Crippen molar-refractivity contribution in [3.8, 4) is 0 Å². The molecule has 0 spiro atoms. The highest BCUT2D eigenvalue weighted by Crippen LogP contribution is 2.11. The third-order valence-corrected chi connectivity index (χ3v) is 4.95. The van der Waals surface area contributed by atoms with E-state index in [1.54, 1.807) is 43.3 Å². The van der Waals surface area contributed by atoms with Crippen molar-refractivity contribution in [3.63, 3.8) is 0 Å². The van der Waals surface area contributed by atoms with Crippen LogP contribution in [0.5, 0.6) is 0 Å². The number of aromatic nitrogens is 2. The summed E-state index contributed by atoms with van der Waals surface area (Å²) in [6.07, 6.45) is 1.22. The van der Waals surface area contributed by atoms with Crippen molar-refractivity contribution < 1.29 is 13.1 Å². The van der Waals surface area contributed by atoms with Crippen LogP contribution in [0.1, 0.15) is 17.0 Å². The molecule has 0 aliphatic carbocycles. The molecule has 0 saturated carbocycles. The molecule has 8 heteroatoms. The van der Waals surface area contributed by atoms with Crippen LogP contribution in [0.25, 0.3) is 11.0 Å². The summed E-state index contributed by atoms with van der Waals surface area (Å²) in [7, 11) is -3.77. The summed E-state index contributed by atoms with van der Waals surface area (Å²) >= 11 is 0. The quantitative estimate of drug-likeness (QED) is 0.333. The minimum Gasteiger partial charge on any atom is -0.618 e. The number of hydrazone groups is 1. The minimum absolute atomic E-state index is 0.109. The van der Waals surface area contributed by atoms with Gasteiger partial charge in [-0.25, -0.2) is 4.98 Å². The Hall–Kier alpha value is -3.00. The van der Waals surface area contributed by atoms with Gasteiger partial charge in [0, 0.05) is 13.0 Å². The van der Waals surface area contributed by atoms with Crippen LogP contribution in [0.3, 0.4) is 0 Å². The number of sulfonamides is 1. The van der Waals surface area contributed by atoms with Crippen LogP contribution in [-0.4, -0.2) is 19.6 Å². The molecule has 0 radical (unpaired) electrons. The van der Waals surface area contributed by atoms with Crippen molar-refractivity contribution in [3.05, 3.63) is 70.7 Å². The lowest BCUT2D eigenvalue weighted by molar-refractivity contribution is -0.584. The highest BCUT2D eigenvalue weighted by atomic mass is 32.2. The van der Waals surface area contributed by atoms with Gasteiger partial charge in [0.05, 0.1) is 11.1 Å². The van der Waals surface area contributed by atoms with Gasteiger partial charge in [0.15, 0.2) is 5.69 Å². The molecule has 1 heterocycles. The van der Waals surface area contributed by atoms with E-state index < -0.39 is 10.0 Å². The Balaban J connectivity index is 1.88. The Labute approximate surface area is 145 Å². The molecule has 1 aromatic heterocycles. The lowest BCUT2D eigenvalue weighted by Gasteiger charge is -2.07. The maximum atomic E-state index is 12.2. The minimum atomic E-state index is -3.77. The maximum Gasteiger partial charge on any atom is 0.276 e. The first-order chi connectivity index (χ1) is 11.9. The normalized spacial score (nSPS) is 11.9. The summed E-state index contributed by atoms with van der Waals surface area (Å²) in [5.74, 6) is 0. The topological polar surface area (TPSA) is 98.4 Å². The third kappa shape index (κ3) is 3.43. The second-order valence-corrected chi connectivity index (χ2v) is 7.19. The van der Waals surface area contributed by atoms with Crippen LogP contribution in [0, 0.1) is 19.1 Å². The summed E-state index contributed by atoms with van der Waals surface area (Å²) in [5, 5.41) is 16.0. The molecule has 0 fully saturated rings. The molecule has 0 aliphatic heterocycles. The van der Waals surface area contributed by atoms with Crippen LogP contribution in [0.15, 0.2) is 58.5 Å². The van der Waals surface area contributed by atoms with Crippen LogP contribution in [0.2, 0.25) is 0 Å². The standard InChI is InChI=1S/C17H16N4O3S/c1-12-7-9-14(10-8-12)25(23,24)20-18-11-16-13(2)21(22)17-6-4-3-5-15(17)19-16/h3-11,20H,1-2H3/b18-11+. The lowest BCUT2D eigenvalue weighted by Crippen LogP contribution is -2.33. The molecule has 25 heavy (non-hydrogen) atoms. The van der Waals surface area contributed by atoms with E-state index in [0.29, 0.717) is 22.4 Å². The van der Waals surface area contributed by atoms with Gasteiger partial charge in [-0.15, -0.1) is 0 Å². The van der Waals surface area contributed by atoms with Gasteiger partial charge in [-0.2, -0.15) is 23.1 Å². The molecule has 0 aliphatic rings. The molecule has 2 aromatic carbocycles. The number of para-hydroxylation sites is 2. The van der Waals surface area contributed by atoms with Gasteiger partial charge >= 0.3 is 0 Å². The van der Waals surface area contributed by atoms with Crippen LogP contribution >= 0.6 is 0 Å². The Morgan fingerprint density at radius 1 is 1.12 bits per heavy atom. The predicted molar refractivity (Wildman–Crippen MR) is 94.5 cm³/mol. The molecule has 3 aromatic rings. The molecule has 0 saturated heterocycles. The molecular formula is C17H16N4O3S. The molecule has 0 bridgehead atoms. The zero-order chi connectivity index (χ0) is 18.0. The number of hydrogen-bond donors (Lipinski definition) is 1. The second kappa shape index (κ2) is 6.48. The van der Waals surface area contributed by atoms with E-state index in [1.165, 1.54) is 18.3 Å². The fourth-order valence-electron chi connectivity index (χ4n) is 2.28. The SMILES string of the molecule is Cc1ccc(S(=O)(=O)N/N=C/c2nc3ccccc3[n+]([O-])c2C)cc1. The fraction of sp³-hybridized carbons (Fsp3) is 0.118. The number of nitrogens with one attached hydrogen (secondary N) is 1. The number of fused-ring (bicyclic) bond motifs is 1. The first-order valence-corrected chi connectivity index (χ1v) is 8.97. The molecule has 0 unspecified atom stereocenters. The summed E-state index contributed by atoms with van der Waals surface area (Å²) < 4.78 is 25.1. The first-order valence-electron chi connectivity index (χ1n) is 7.49. The molecular weight excluding hydrogens is 340 g/mol. The zero-order valence-electron chi connectivity index (χ0n) is 13.7. The van der Waals surface area contributed by atoms with Crippen molar-refractivity contribution in [2.75, 3.05) is 0 Å². The number of rotatable bonds is 4. The van der Waals surface area contributed by atoms with Gasteiger partial charge in [0.25, 0.3) is 10.0 Å². The molecule has 3 rings (SSSR count). The highest BCUT2D eigenvalue weighted by molar-refractivity contribution is 7.89. The molecule has 1 N–H and O–H groups in total. The van der Waals surface area contributed by atoms with Gasteiger partial charge < -0.3 is 5.21 Å². The van der Waals surface area contributed by atoms with E-state index in [1.807, 2.05) is 6.92 Å². The average molecular weight is 356 g/mol. The van der Waals surface area contributed by atoms with E-state index in [2.05, 4.69) is 14.9 Å². The van der Waals surface area contributed by atoms with Gasteiger partial charge in [0.2, 0.25) is 11.2 Å². The number of nitrogens with zero attached hydrogens (tertiary/aromatic N) is 3. The van der Waals surface area contributed by atoms with Crippen molar-refractivity contribution in [1.82, 2.24) is 9.82 Å². The van der Waals surface area contributed by atoms with Crippen molar-refractivity contribution in [1.29, 1.82) is 0 Å². The highest BCUT2D eigenvalue weighted by Gasteiger charge is 2.15. The average Bonchev–Trinajstić information content (AvgIpc) is 2.59. The molecule has 7 nitrogen and oxygen atoms in total. The summed E-state index contributed by atoms with van der Waals surface area (Å²) in [6, 6.07) is 13.3. The second-order valence-electron chi connectivity index (χ2n) is 5.53. The Kier molecular flexibility index (Phi) is 4.37. The first kappa shape index (κ1) is 16.8. The van der Waals surface area contributed by atoms with Crippen LogP contribution in [-0.2, 0) is 10.0 Å². The number of benzene rings is 2. The van der Waals surface area contributed by atoms with Gasteiger partial charge in [-0.1, -0.05) is 29.8 Å². The van der Waals surface area contributed by atoms with Crippen LogP contribution in [0.4, 0.5) is 0 Å². The van der Waals surface area contributed by atoms with E-state index in [4.69, 9.17) is 0 Å². The van der Waals surface area contributed by atoms with Crippen molar-refractivity contribution in [2.24, 2.45) is 5.10 Å². The van der Waals surface area contributed by atoms with E-state index in [9.17, 15) is 13.6 Å². The van der Waals surface area contributed by atoms with Crippen molar-refractivity contribution in [2.45, 2.75) is 18.7 Å². The number of hydrogen-bond acceptors (Lipinski definition) is 5. The fourth-order valence-corrected chi connectivity index (χ4v) is 3.07. The predicted octanol–water partition coefficient (Wildman–Crippen LogP) is 1.80.